The molecule has 3 nitrogen and oxygen atoms in total. The third kappa shape index (κ3) is 5.31. The summed E-state index contributed by atoms with van der Waals surface area (Å²) in [6.45, 7) is 9.40. The van der Waals surface area contributed by atoms with Crippen molar-refractivity contribution in [3.05, 3.63) is 35.4 Å². The zero-order valence-corrected chi connectivity index (χ0v) is 12.8. The quantitative estimate of drug-likeness (QED) is 0.797. The first-order chi connectivity index (χ1) is 9.15. The summed E-state index contributed by atoms with van der Waals surface area (Å²) in [7, 11) is 2.15. The molecule has 1 aliphatic rings. The Bertz CT molecular complexity index is 384. The zero-order chi connectivity index (χ0) is 14.3. The molecule has 1 heterocycles. The summed E-state index contributed by atoms with van der Waals surface area (Å²) in [5.41, 5.74) is 1.80. The summed E-state index contributed by atoms with van der Waals surface area (Å²) < 4.78 is 0. The Kier molecular flexibility index (Phi) is 7.06. The molecule has 0 atom stereocenters. The molecule has 0 N–H and O–H groups in total. The maximum absolute atomic E-state index is 10.9. The minimum atomic E-state index is -0.392. The standard InChI is InChI=1S/C13H17ClN2O.C2H6/c1-15-6-8-16(9-7-15)10-11-2-4-12(5-3-11)13(14)17;1-2/h2-5H,6-10H2,1H3;1-2H3. The number of nitrogens with zero attached hydrogens (tertiary/aromatic N) is 2. The van der Waals surface area contributed by atoms with Gasteiger partial charge in [-0.25, -0.2) is 0 Å². The van der Waals surface area contributed by atoms with Gasteiger partial charge < -0.3 is 4.90 Å². The Morgan fingerprint density at radius 3 is 2.11 bits per heavy atom. The summed E-state index contributed by atoms with van der Waals surface area (Å²) in [4.78, 5) is 15.7. The predicted molar refractivity (Wildman–Crippen MR) is 80.7 cm³/mol. The number of benzene rings is 1. The second-order valence-electron chi connectivity index (χ2n) is 4.55. The summed E-state index contributed by atoms with van der Waals surface area (Å²) >= 11 is 5.41. The van der Waals surface area contributed by atoms with E-state index in [1.54, 1.807) is 12.1 Å². The van der Waals surface area contributed by atoms with Crippen molar-refractivity contribution in [3.63, 3.8) is 0 Å². The second kappa shape index (κ2) is 8.31. The van der Waals surface area contributed by atoms with E-state index >= 15 is 0 Å². The van der Waals surface area contributed by atoms with Crippen molar-refractivity contribution in [2.75, 3.05) is 33.2 Å². The minimum absolute atomic E-state index is 0.392. The average molecular weight is 283 g/mol. The van der Waals surface area contributed by atoms with E-state index in [0.29, 0.717) is 5.56 Å². The smallest absolute Gasteiger partial charge is 0.252 e. The van der Waals surface area contributed by atoms with Gasteiger partial charge >= 0.3 is 0 Å². The van der Waals surface area contributed by atoms with Gasteiger partial charge in [-0.05, 0) is 36.3 Å². The molecule has 0 unspecified atom stereocenters. The Labute approximate surface area is 121 Å². The molecule has 0 amide bonds. The van der Waals surface area contributed by atoms with Crippen LogP contribution in [0.4, 0.5) is 0 Å². The number of hydrogen-bond donors (Lipinski definition) is 0. The number of likely N-dealkylation sites (N-methyl/N-ethyl adjacent to an activating group) is 1. The first-order valence-electron chi connectivity index (χ1n) is 6.85. The molecule has 4 heteroatoms. The number of piperazine rings is 1. The first kappa shape index (κ1) is 16.2. The van der Waals surface area contributed by atoms with Gasteiger partial charge in [0.05, 0.1) is 0 Å². The summed E-state index contributed by atoms with van der Waals surface area (Å²) in [6.07, 6.45) is 0. The van der Waals surface area contributed by atoms with E-state index in [1.165, 1.54) is 5.56 Å². The highest BCUT2D eigenvalue weighted by Crippen LogP contribution is 2.10. The highest BCUT2D eigenvalue weighted by Gasteiger charge is 2.13. The monoisotopic (exact) mass is 282 g/mol. The number of hydrogen-bond acceptors (Lipinski definition) is 3. The van der Waals surface area contributed by atoms with Crippen molar-refractivity contribution < 1.29 is 4.79 Å². The molecule has 0 aliphatic carbocycles. The lowest BCUT2D eigenvalue weighted by atomic mass is 10.1. The van der Waals surface area contributed by atoms with Crippen molar-refractivity contribution in [3.8, 4) is 0 Å². The molecule has 1 aromatic rings. The fraction of sp³-hybridized carbons (Fsp3) is 0.533. The Morgan fingerprint density at radius 1 is 1.11 bits per heavy atom. The highest BCUT2D eigenvalue weighted by molar-refractivity contribution is 6.67. The molecule has 0 spiro atoms. The van der Waals surface area contributed by atoms with Crippen molar-refractivity contribution in [1.82, 2.24) is 9.80 Å². The molecule has 19 heavy (non-hydrogen) atoms. The highest BCUT2D eigenvalue weighted by atomic mass is 35.5. The van der Waals surface area contributed by atoms with Crippen LogP contribution in [0, 0.1) is 0 Å². The van der Waals surface area contributed by atoms with Gasteiger partial charge in [0.15, 0.2) is 0 Å². The van der Waals surface area contributed by atoms with Crippen LogP contribution < -0.4 is 0 Å². The molecule has 1 saturated heterocycles. The van der Waals surface area contributed by atoms with Crippen LogP contribution in [0.5, 0.6) is 0 Å². The van der Waals surface area contributed by atoms with E-state index in [0.717, 1.165) is 32.7 Å². The third-order valence-electron chi connectivity index (χ3n) is 3.18. The lowest BCUT2D eigenvalue weighted by molar-refractivity contribution is 0.108. The molecule has 2 rings (SSSR count). The van der Waals surface area contributed by atoms with Gasteiger partial charge in [0.2, 0.25) is 0 Å². The Hall–Kier alpha value is -0.900. The normalized spacial score (nSPS) is 16.6. The van der Waals surface area contributed by atoms with Gasteiger partial charge in [-0.2, -0.15) is 0 Å². The Morgan fingerprint density at radius 2 is 1.63 bits per heavy atom. The van der Waals surface area contributed by atoms with Crippen LogP contribution in [0.15, 0.2) is 24.3 Å². The molecule has 0 radical (unpaired) electrons. The van der Waals surface area contributed by atoms with Crippen LogP contribution in [0.2, 0.25) is 0 Å². The van der Waals surface area contributed by atoms with E-state index in [9.17, 15) is 4.79 Å². The molecule has 106 valence electrons. The molecular formula is C15H23ClN2O. The number of halogens is 1. The summed E-state index contributed by atoms with van der Waals surface area (Å²) in [5.74, 6) is 0. The van der Waals surface area contributed by atoms with E-state index < -0.39 is 5.24 Å². The average Bonchev–Trinajstić information content (AvgIpc) is 2.44. The van der Waals surface area contributed by atoms with Gasteiger partial charge in [-0.1, -0.05) is 26.0 Å². The lowest BCUT2D eigenvalue weighted by Crippen LogP contribution is -2.43. The van der Waals surface area contributed by atoms with Crippen molar-refractivity contribution in [1.29, 1.82) is 0 Å². The van der Waals surface area contributed by atoms with Crippen LogP contribution in [0.3, 0.4) is 0 Å². The molecule has 0 saturated carbocycles. The molecule has 1 aliphatic heterocycles. The minimum Gasteiger partial charge on any atom is -0.304 e. The summed E-state index contributed by atoms with van der Waals surface area (Å²) in [5, 5.41) is -0.392. The topological polar surface area (TPSA) is 23.6 Å². The first-order valence-corrected chi connectivity index (χ1v) is 7.22. The van der Waals surface area contributed by atoms with E-state index in [1.807, 2.05) is 26.0 Å². The maximum Gasteiger partial charge on any atom is 0.252 e. The predicted octanol–water partition coefficient (Wildman–Crippen LogP) is 2.84. The molecule has 0 aromatic heterocycles. The van der Waals surface area contributed by atoms with Gasteiger partial charge in [0, 0.05) is 38.3 Å². The molecule has 1 aromatic carbocycles. The van der Waals surface area contributed by atoms with Crippen molar-refractivity contribution in [2.24, 2.45) is 0 Å². The van der Waals surface area contributed by atoms with E-state index in [4.69, 9.17) is 11.6 Å². The zero-order valence-electron chi connectivity index (χ0n) is 12.0. The fourth-order valence-electron chi connectivity index (χ4n) is 2.01. The van der Waals surface area contributed by atoms with Crippen molar-refractivity contribution in [2.45, 2.75) is 20.4 Å². The lowest BCUT2D eigenvalue weighted by Gasteiger charge is -2.32. The maximum atomic E-state index is 10.9. The largest absolute Gasteiger partial charge is 0.304 e. The van der Waals surface area contributed by atoms with E-state index in [-0.39, 0.29) is 0 Å². The van der Waals surface area contributed by atoms with Gasteiger partial charge in [-0.15, -0.1) is 0 Å². The molecule has 1 fully saturated rings. The Balaban J connectivity index is 0.000000861. The van der Waals surface area contributed by atoms with Crippen LogP contribution in [-0.4, -0.2) is 48.3 Å². The molecule has 0 bridgehead atoms. The fourth-order valence-corrected chi connectivity index (χ4v) is 2.13. The number of rotatable bonds is 3. The second-order valence-corrected chi connectivity index (χ2v) is 4.89. The van der Waals surface area contributed by atoms with Crippen LogP contribution in [-0.2, 0) is 6.54 Å². The van der Waals surface area contributed by atoms with Gasteiger partial charge in [0.25, 0.3) is 5.24 Å². The van der Waals surface area contributed by atoms with Crippen LogP contribution in [0.25, 0.3) is 0 Å². The number of carbonyl (C=O) groups excluding carboxylic acids is 1. The third-order valence-corrected chi connectivity index (χ3v) is 3.40. The van der Waals surface area contributed by atoms with E-state index in [2.05, 4.69) is 16.8 Å². The molecular weight excluding hydrogens is 260 g/mol. The number of carbonyl (C=O) groups is 1. The summed E-state index contributed by atoms with van der Waals surface area (Å²) in [6, 6.07) is 7.54. The van der Waals surface area contributed by atoms with Gasteiger partial charge in [0.1, 0.15) is 0 Å². The van der Waals surface area contributed by atoms with Crippen LogP contribution >= 0.6 is 11.6 Å². The van der Waals surface area contributed by atoms with Crippen LogP contribution in [0.1, 0.15) is 29.8 Å². The van der Waals surface area contributed by atoms with Crippen molar-refractivity contribution >= 4 is 16.8 Å². The van der Waals surface area contributed by atoms with Gasteiger partial charge in [-0.3, -0.25) is 9.69 Å². The SMILES string of the molecule is CC.CN1CCN(Cc2ccc(C(=O)Cl)cc2)CC1.